The number of hydrogen-bond donors (Lipinski definition) is 1. The highest BCUT2D eigenvalue weighted by Gasteiger charge is 2.23. The smallest absolute Gasteiger partial charge is 0.317 e. The molecule has 0 unspecified atom stereocenters. The number of ketones is 1. The highest BCUT2D eigenvalue weighted by atomic mass is 16.4. The quantitative estimate of drug-likeness (QED) is 0.566. The lowest BCUT2D eigenvalue weighted by Crippen LogP contribution is -2.28. The Bertz CT molecular complexity index is 203. The Morgan fingerprint density at radius 3 is 2.80 bits per heavy atom. The van der Waals surface area contributed by atoms with E-state index in [0.29, 0.717) is 5.76 Å². The predicted octanol–water partition coefficient (Wildman–Crippen LogP) is 0.912. The lowest BCUT2D eigenvalue weighted by atomic mass is 10.1. The summed E-state index contributed by atoms with van der Waals surface area (Å²) in [6.45, 7) is 5.66. The molecule has 0 spiro atoms. The fraction of sp³-hybridized carbons (Fsp3) is 0.375. The molecule has 1 aliphatic heterocycles. The molecule has 0 fully saturated rings. The zero-order valence-electron chi connectivity index (χ0n) is 6.13. The Hall–Kier alpha value is -0.890. The van der Waals surface area contributed by atoms with E-state index >= 15 is 0 Å². The second kappa shape index (κ2) is 2.80. The molecule has 0 saturated heterocycles. The first-order valence-corrected chi connectivity index (χ1v) is 3.41. The minimum atomic E-state index is 0.0236. The molecule has 1 heterocycles. The van der Waals surface area contributed by atoms with E-state index in [4.69, 9.17) is 10.2 Å². The fourth-order valence-electron chi connectivity index (χ4n) is 0.795. The third kappa shape index (κ3) is 1.33. The molecule has 10 heavy (non-hydrogen) atoms. The van der Waals surface area contributed by atoms with E-state index in [1.54, 1.807) is 0 Å². The molecule has 2 N–H and O–H groups in total. The Labute approximate surface area is 60.7 Å². The van der Waals surface area contributed by atoms with Crippen LogP contribution in [0, 0.1) is 0 Å². The van der Waals surface area contributed by atoms with E-state index in [0.717, 1.165) is 12.2 Å². The summed E-state index contributed by atoms with van der Waals surface area (Å²) in [5.41, 5.74) is 5.69. The van der Waals surface area contributed by atoms with Gasteiger partial charge in [-0.3, -0.25) is 0 Å². The van der Waals surface area contributed by atoms with Crippen molar-refractivity contribution in [3.8, 4) is 0 Å². The zero-order valence-corrected chi connectivity index (χ0v) is 6.13. The normalized spacial score (nSPS) is 19.4. The van der Waals surface area contributed by atoms with Crippen molar-refractivity contribution < 1.29 is 4.42 Å². The molecule has 0 aliphatic carbocycles. The molecular weight excluding hydrogens is 126 g/mol. The maximum Gasteiger partial charge on any atom is 0.346 e. The van der Waals surface area contributed by atoms with E-state index < -0.39 is 0 Å². The van der Waals surface area contributed by atoms with Gasteiger partial charge >= 0.3 is 11.5 Å². The molecule has 0 bridgehead atoms. The molecule has 0 radical (unpaired) electrons. The largest absolute Gasteiger partial charge is 0.346 e. The molecule has 0 aromatic rings. The van der Waals surface area contributed by atoms with Crippen molar-refractivity contribution in [3.63, 3.8) is 0 Å². The second-order valence-corrected chi connectivity index (χ2v) is 2.32. The molecule has 0 saturated carbocycles. The molecule has 1 atom stereocenters. The van der Waals surface area contributed by atoms with Crippen molar-refractivity contribution in [2.45, 2.75) is 19.4 Å². The van der Waals surface area contributed by atoms with Gasteiger partial charge in [-0.25, -0.2) is 4.42 Å². The second-order valence-electron chi connectivity index (χ2n) is 2.32. The summed E-state index contributed by atoms with van der Waals surface area (Å²) < 4.78 is 5.20. The summed E-state index contributed by atoms with van der Waals surface area (Å²) in [6.07, 6.45) is 4.59. The van der Waals surface area contributed by atoms with Crippen LogP contribution in [0.1, 0.15) is 13.3 Å². The number of nitrogens with two attached hydrogens (primary N) is 1. The van der Waals surface area contributed by atoms with Gasteiger partial charge in [-0.05, 0) is 6.42 Å². The minimum Gasteiger partial charge on any atom is -0.317 e. The first-order valence-electron chi connectivity index (χ1n) is 3.41. The fourth-order valence-corrected chi connectivity index (χ4v) is 0.795. The summed E-state index contributed by atoms with van der Waals surface area (Å²) in [7, 11) is 0. The Balaban J connectivity index is 2.67. The monoisotopic (exact) mass is 138 g/mol. The Morgan fingerprint density at radius 1 is 1.70 bits per heavy atom. The van der Waals surface area contributed by atoms with Crippen LogP contribution in [-0.2, 0) is 4.42 Å². The van der Waals surface area contributed by atoms with Crippen molar-refractivity contribution in [2.75, 3.05) is 0 Å². The van der Waals surface area contributed by atoms with Gasteiger partial charge in [-0.15, -0.1) is 0 Å². The van der Waals surface area contributed by atoms with Gasteiger partial charge in [0.05, 0.1) is 6.08 Å². The van der Waals surface area contributed by atoms with Crippen molar-refractivity contribution >= 4 is 5.78 Å². The summed E-state index contributed by atoms with van der Waals surface area (Å²) in [5, 5.41) is 0. The summed E-state index contributed by atoms with van der Waals surface area (Å²) in [6, 6.07) is 0.0236. The molecular formula is C8H12NO+. The van der Waals surface area contributed by atoms with Gasteiger partial charge in [0.2, 0.25) is 0 Å². The number of carbonyl (C=O) groups excluding carboxylic acids is 1. The third-order valence-electron chi connectivity index (χ3n) is 1.49. The SMILES string of the molecule is C=C1C=CC([C@H](N)CC)=[O+]1. The lowest BCUT2D eigenvalue weighted by Gasteiger charge is -1.94. The molecule has 54 valence electrons. The average Bonchev–Trinajstić information content (AvgIpc) is 2.34. The number of rotatable bonds is 2. The average molecular weight is 138 g/mol. The van der Waals surface area contributed by atoms with Crippen LogP contribution in [-0.4, -0.2) is 11.8 Å². The van der Waals surface area contributed by atoms with Crippen molar-refractivity contribution in [2.24, 2.45) is 5.73 Å². The van der Waals surface area contributed by atoms with Gasteiger partial charge in [0, 0.05) is 12.7 Å². The van der Waals surface area contributed by atoms with Gasteiger partial charge in [-0.2, -0.15) is 0 Å². The molecule has 0 amide bonds. The highest BCUT2D eigenvalue weighted by Crippen LogP contribution is 2.03. The zero-order chi connectivity index (χ0) is 7.56. The summed E-state index contributed by atoms with van der Waals surface area (Å²) >= 11 is 0. The molecule has 0 aromatic heterocycles. The number of hydrogen-bond acceptors (Lipinski definition) is 1. The van der Waals surface area contributed by atoms with Crippen LogP contribution in [0.15, 0.2) is 24.5 Å². The van der Waals surface area contributed by atoms with Gasteiger partial charge in [0.1, 0.15) is 6.04 Å². The van der Waals surface area contributed by atoms with Crippen LogP contribution in [0.5, 0.6) is 0 Å². The standard InChI is InChI=1S/C8H12NO/c1-3-7(9)8-5-4-6(2)10-8/h4-5,7H,2-3,9H2,1H3/q+1/t7-/m1/s1. The van der Waals surface area contributed by atoms with Gasteiger partial charge < -0.3 is 5.73 Å². The highest BCUT2D eigenvalue weighted by molar-refractivity contribution is 5.96. The van der Waals surface area contributed by atoms with E-state index in [1.165, 1.54) is 0 Å². The number of allylic oxidation sites excluding steroid dienone is 1. The molecule has 1 aliphatic rings. The topological polar surface area (TPSA) is 37.3 Å². The van der Waals surface area contributed by atoms with Crippen LogP contribution in [0.3, 0.4) is 0 Å². The van der Waals surface area contributed by atoms with E-state index in [-0.39, 0.29) is 6.04 Å². The molecule has 0 aromatic carbocycles. The van der Waals surface area contributed by atoms with E-state index in [2.05, 4.69) is 6.58 Å². The predicted molar refractivity (Wildman–Crippen MR) is 41.6 cm³/mol. The van der Waals surface area contributed by atoms with Gasteiger partial charge in [-0.1, -0.05) is 6.92 Å². The van der Waals surface area contributed by atoms with Crippen molar-refractivity contribution in [1.82, 2.24) is 0 Å². The minimum absolute atomic E-state index is 0.0236. The van der Waals surface area contributed by atoms with E-state index in [9.17, 15) is 0 Å². The molecule has 2 heteroatoms. The lowest BCUT2D eigenvalue weighted by molar-refractivity contribution is -0.387. The summed E-state index contributed by atoms with van der Waals surface area (Å²) in [5.74, 6) is 1.51. The molecule has 1 rings (SSSR count). The van der Waals surface area contributed by atoms with Crippen LogP contribution in [0.4, 0.5) is 0 Å². The molecule has 2 nitrogen and oxygen atoms in total. The van der Waals surface area contributed by atoms with Crippen LogP contribution in [0.2, 0.25) is 0 Å². The maximum atomic E-state index is 5.69. The van der Waals surface area contributed by atoms with Crippen LogP contribution >= 0.6 is 0 Å². The van der Waals surface area contributed by atoms with Crippen LogP contribution < -0.4 is 5.73 Å². The van der Waals surface area contributed by atoms with Gasteiger partial charge in [0.15, 0.2) is 0 Å². The van der Waals surface area contributed by atoms with Gasteiger partial charge in [0.25, 0.3) is 0 Å². The first kappa shape index (κ1) is 7.22. The van der Waals surface area contributed by atoms with Crippen molar-refractivity contribution in [1.29, 1.82) is 0 Å². The van der Waals surface area contributed by atoms with E-state index in [1.807, 2.05) is 19.1 Å². The van der Waals surface area contributed by atoms with Crippen molar-refractivity contribution in [3.05, 3.63) is 24.5 Å². The van der Waals surface area contributed by atoms with Crippen LogP contribution in [0.25, 0.3) is 0 Å². The Kier molecular flexibility index (Phi) is 2.02. The third-order valence-corrected chi connectivity index (χ3v) is 1.49. The first-order chi connectivity index (χ1) is 4.74. The maximum absolute atomic E-state index is 5.69. The summed E-state index contributed by atoms with van der Waals surface area (Å²) in [4.78, 5) is 0. The Morgan fingerprint density at radius 2 is 2.40 bits per heavy atom.